The standard InChI is InChI=1S/C14H18OS/c1-5-6-14(16-4)12-7-9-13(10-8-12)15-11(2)3/h5-11H,1H2,2-4H3/b14-6-. The molecule has 86 valence electrons. The van der Waals surface area contributed by atoms with E-state index in [1.54, 1.807) is 11.8 Å². The Balaban J connectivity index is 2.85. The summed E-state index contributed by atoms with van der Waals surface area (Å²) in [5, 5.41) is 0. The molecule has 0 unspecified atom stereocenters. The molecular formula is C14H18OS. The zero-order valence-electron chi connectivity index (χ0n) is 10.1. The molecule has 0 heterocycles. The lowest BCUT2D eigenvalue weighted by atomic mass is 10.2. The summed E-state index contributed by atoms with van der Waals surface area (Å²) in [4.78, 5) is 1.21. The smallest absolute Gasteiger partial charge is 0.119 e. The van der Waals surface area contributed by atoms with Crippen LogP contribution in [0.4, 0.5) is 0 Å². The molecule has 0 spiro atoms. The Morgan fingerprint density at radius 2 is 1.94 bits per heavy atom. The predicted octanol–water partition coefficient (Wildman–Crippen LogP) is 4.36. The van der Waals surface area contributed by atoms with Gasteiger partial charge in [-0.3, -0.25) is 0 Å². The Kier molecular flexibility index (Phi) is 5.20. The van der Waals surface area contributed by atoms with Crippen LogP contribution in [-0.4, -0.2) is 12.4 Å². The van der Waals surface area contributed by atoms with Gasteiger partial charge in [0, 0.05) is 4.91 Å². The van der Waals surface area contributed by atoms with Crippen LogP contribution >= 0.6 is 11.8 Å². The molecule has 0 bridgehead atoms. The lowest BCUT2D eigenvalue weighted by molar-refractivity contribution is 0.242. The Labute approximate surface area is 102 Å². The fourth-order valence-corrected chi connectivity index (χ4v) is 1.96. The summed E-state index contributed by atoms with van der Waals surface area (Å²) < 4.78 is 5.60. The average molecular weight is 234 g/mol. The van der Waals surface area contributed by atoms with Crippen molar-refractivity contribution in [2.24, 2.45) is 0 Å². The maximum atomic E-state index is 5.60. The molecule has 0 aliphatic carbocycles. The summed E-state index contributed by atoms with van der Waals surface area (Å²) in [6.45, 7) is 7.77. The van der Waals surface area contributed by atoms with E-state index in [4.69, 9.17) is 4.74 Å². The molecule has 0 N–H and O–H groups in total. The van der Waals surface area contributed by atoms with Crippen LogP contribution in [0, 0.1) is 0 Å². The fourth-order valence-electron chi connectivity index (χ4n) is 1.36. The third-order valence-corrected chi connectivity index (χ3v) is 2.81. The molecule has 1 nitrogen and oxygen atoms in total. The van der Waals surface area contributed by atoms with Gasteiger partial charge in [0.15, 0.2) is 0 Å². The zero-order chi connectivity index (χ0) is 12.0. The van der Waals surface area contributed by atoms with Crippen LogP contribution in [0.5, 0.6) is 5.75 Å². The van der Waals surface area contributed by atoms with Crippen molar-refractivity contribution in [1.82, 2.24) is 0 Å². The van der Waals surface area contributed by atoms with Crippen LogP contribution < -0.4 is 4.74 Å². The highest BCUT2D eigenvalue weighted by atomic mass is 32.2. The first kappa shape index (κ1) is 12.9. The number of hydrogen-bond acceptors (Lipinski definition) is 2. The number of rotatable bonds is 5. The van der Waals surface area contributed by atoms with E-state index in [1.807, 2.05) is 38.1 Å². The predicted molar refractivity (Wildman–Crippen MR) is 73.9 cm³/mol. The van der Waals surface area contributed by atoms with Crippen LogP contribution in [0.3, 0.4) is 0 Å². The molecular weight excluding hydrogens is 216 g/mol. The SMILES string of the molecule is C=C/C=C(\SC)c1ccc(OC(C)C)cc1. The maximum absolute atomic E-state index is 5.60. The molecule has 0 fully saturated rings. The molecule has 16 heavy (non-hydrogen) atoms. The van der Waals surface area contributed by atoms with Crippen molar-refractivity contribution < 1.29 is 4.74 Å². The molecule has 0 radical (unpaired) electrons. The van der Waals surface area contributed by atoms with Crippen molar-refractivity contribution in [1.29, 1.82) is 0 Å². The topological polar surface area (TPSA) is 9.23 Å². The summed E-state index contributed by atoms with van der Waals surface area (Å²) in [7, 11) is 0. The Bertz CT molecular complexity index is 363. The van der Waals surface area contributed by atoms with Crippen molar-refractivity contribution in [3.8, 4) is 5.75 Å². The van der Waals surface area contributed by atoms with Gasteiger partial charge in [-0.25, -0.2) is 0 Å². The van der Waals surface area contributed by atoms with Gasteiger partial charge in [0.25, 0.3) is 0 Å². The van der Waals surface area contributed by atoms with Crippen LogP contribution in [0.2, 0.25) is 0 Å². The summed E-state index contributed by atoms with van der Waals surface area (Å²) in [5.74, 6) is 0.915. The van der Waals surface area contributed by atoms with E-state index in [1.165, 1.54) is 10.5 Å². The number of ether oxygens (including phenoxy) is 1. The number of hydrogen-bond donors (Lipinski definition) is 0. The van der Waals surface area contributed by atoms with Crippen molar-refractivity contribution in [2.45, 2.75) is 20.0 Å². The monoisotopic (exact) mass is 234 g/mol. The third kappa shape index (κ3) is 3.78. The second-order valence-electron chi connectivity index (χ2n) is 3.66. The normalized spacial score (nSPS) is 11.6. The van der Waals surface area contributed by atoms with Crippen LogP contribution in [-0.2, 0) is 0 Å². The van der Waals surface area contributed by atoms with Gasteiger partial charge in [0.2, 0.25) is 0 Å². The molecule has 0 saturated heterocycles. The van der Waals surface area contributed by atoms with E-state index in [-0.39, 0.29) is 6.10 Å². The summed E-state index contributed by atoms with van der Waals surface area (Å²) in [6.07, 6.45) is 6.11. The molecule has 0 amide bonds. The molecule has 0 atom stereocenters. The molecule has 0 aromatic heterocycles. The van der Waals surface area contributed by atoms with Gasteiger partial charge >= 0.3 is 0 Å². The second kappa shape index (κ2) is 6.44. The number of benzene rings is 1. The maximum Gasteiger partial charge on any atom is 0.119 e. The zero-order valence-corrected chi connectivity index (χ0v) is 10.9. The Morgan fingerprint density at radius 1 is 1.31 bits per heavy atom. The molecule has 1 rings (SSSR count). The lowest BCUT2D eigenvalue weighted by Crippen LogP contribution is -2.05. The summed E-state index contributed by atoms with van der Waals surface area (Å²) in [5.41, 5.74) is 1.20. The van der Waals surface area contributed by atoms with Gasteiger partial charge < -0.3 is 4.74 Å². The Hall–Kier alpha value is -1.15. The fraction of sp³-hybridized carbons (Fsp3) is 0.286. The van der Waals surface area contributed by atoms with Crippen molar-refractivity contribution in [2.75, 3.05) is 6.26 Å². The minimum Gasteiger partial charge on any atom is -0.491 e. The summed E-state index contributed by atoms with van der Waals surface area (Å²) >= 11 is 1.72. The highest BCUT2D eigenvalue weighted by molar-refractivity contribution is 8.07. The largest absolute Gasteiger partial charge is 0.491 e. The lowest BCUT2D eigenvalue weighted by Gasteiger charge is -2.10. The van der Waals surface area contributed by atoms with E-state index in [2.05, 4.69) is 25.0 Å². The van der Waals surface area contributed by atoms with Crippen LogP contribution in [0.25, 0.3) is 4.91 Å². The van der Waals surface area contributed by atoms with E-state index >= 15 is 0 Å². The number of thioether (sulfide) groups is 1. The molecule has 0 aliphatic heterocycles. The van der Waals surface area contributed by atoms with Gasteiger partial charge in [-0.2, -0.15) is 0 Å². The average Bonchev–Trinajstić information content (AvgIpc) is 2.26. The minimum atomic E-state index is 0.217. The molecule has 0 aliphatic rings. The second-order valence-corrected chi connectivity index (χ2v) is 4.51. The quantitative estimate of drug-likeness (QED) is 0.700. The van der Waals surface area contributed by atoms with Gasteiger partial charge in [-0.1, -0.05) is 24.8 Å². The number of allylic oxidation sites excluding steroid dienone is 2. The molecule has 1 aromatic carbocycles. The first-order valence-corrected chi connectivity index (χ1v) is 6.53. The third-order valence-electron chi connectivity index (χ3n) is 2.00. The molecule has 2 heteroatoms. The Morgan fingerprint density at radius 3 is 2.38 bits per heavy atom. The van der Waals surface area contributed by atoms with E-state index in [0.717, 1.165) is 5.75 Å². The van der Waals surface area contributed by atoms with Crippen molar-refractivity contribution >= 4 is 16.7 Å². The van der Waals surface area contributed by atoms with E-state index in [9.17, 15) is 0 Å². The highest BCUT2D eigenvalue weighted by Crippen LogP contribution is 2.26. The van der Waals surface area contributed by atoms with Crippen molar-refractivity contribution in [3.05, 3.63) is 48.6 Å². The first-order chi connectivity index (χ1) is 7.67. The summed E-state index contributed by atoms with van der Waals surface area (Å²) in [6, 6.07) is 8.15. The van der Waals surface area contributed by atoms with Gasteiger partial charge in [-0.05, 0) is 43.9 Å². The van der Waals surface area contributed by atoms with E-state index < -0.39 is 0 Å². The molecule has 0 saturated carbocycles. The van der Waals surface area contributed by atoms with Crippen LogP contribution in [0.1, 0.15) is 19.4 Å². The molecule has 1 aromatic rings. The highest BCUT2D eigenvalue weighted by Gasteiger charge is 2.01. The van der Waals surface area contributed by atoms with Gasteiger partial charge in [0.1, 0.15) is 5.75 Å². The van der Waals surface area contributed by atoms with Gasteiger partial charge in [-0.15, -0.1) is 11.8 Å². The van der Waals surface area contributed by atoms with Crippen LogP contribution in [0.15, 0.2) is 43.0 Å². The first-order valence-electron chi connectivity index (χ1n) is 5.31. The minimum absolute atomic E-state index is 0.217. The van der Waals surface area contributed by atoms with Gasteiger partial charge in [0.05, 0.1) is 6.10 Å². The van der Waals surface area contributed by atoms with E-state index in [0.29, 0.717) is 0 Å². The van der Waals surface area contributed by atoms with Crippen molar-refractivity contribution in [3.63, 3.8) is 0 Å².